The number of benzene rings is 1. The van der Waals surface area contributed by atoms with Gasteiger partial charge in [0.1, 0.15) is 11.2 Å². The first-order valence-corrected chi connectivity index (χ1v) is 10.8. The number of carbonyl (C=O) groups is 1. The molecule has 0 bridgehead atoms. The summed E-state index contributed by atoms with van der Waals surface area (Å²) in [5, 5.41) is 1.81. The number of hydrogen-bond acceptors (Lipinski definition) is 5. The fourth-order valence-corrected chi connectivity index (χ4v) is 3.93. The third-order valence-electron chi connectivity index (χ3n) is 5.97. The second-order valence-corrected chi connectivity index (χ2v) is 9.30. The van der Waals surface area contributed by atoms with E-state index < -0.39 is 5.63 Å². The lowest BCUT2D eigenvalue weighted by Gasteiger charge is -2.18. The first-order chi connectivity index (χ1) is 15.1. The number of hydrogen-bond donors (Lipinski definition) is 0. The normalized spacial score (nSPS) is 11.9. The van der Waals surface area contributed by atoms with E-state index in [0.29, 0.717) is 29.7 Å². The van der Waals surface area contributed by atoms with Crippen molar-refractivity contribution in [3.05, 3.63) is 75.6 Å². The minimum Gasteiger partial charge on any atom is -0.464 e. The van der Waals surface area contributed by atoms with Crippen LogP contribution in [0.2, 0.25) is 0 Å². The Balaban J connectivity index is 1.64. The molecule has 0 aliphatic rings. The summed E-state index contributed by atoms with van der Waals surface area (Å²) in [6, 6.07) is 9.49. The van der Waals surface area contributed by atoms with Gasteiger partial charge in [-0.05, 0) is 36.1 Å². The summed E-state index contributed by atoms with van der Waals surface area (Å²) >= 11 is 0. The average Bonchev–Trinajstić information content (AvgIpc) is 3.17. The Morgan fingerprint density at radius 3 is 2.59 bits per heavy atom. The fourth-order valence-electron chi connectivity index (χ4n) is 3.93. The molecule has 0 unspecified atom stereocenters. The molecule has 3 heterocycles. The van der Waals surface area contributed by atoms with Crippen LogP contribution < -0.4 is 5.63 Å². The van der Waals surface area contributed by atoms with Crippen LogP contribution in [0.4, 0.5) is 0 Å². The smallest absolute Gasteiger partial charge is 0.340 e. The molecular weight excluding hydrogens is 404 g/mol. The van der Waals surface area contributed by atoms with Crippen LogP contribution in [0, 0.1) is 6.92 Å². The lowest BCUT2D eigenvalue weighted by atomic mass is 9.86. The summed E-state index contributed by atoms with van der Waals surface area (Å²) in [5.74, 6) is -0.129. The number of pyridine rings is 1. The second kappa shape index (κ2) is 8.26. The lowest BCUT2D eigenvalue weighted by molar-refractivity contribution is -0.129. The van der Waals surface area contributed by atoms with Crippen LogP contribution in [0.3, 0.4) is 0 Å². The first kappa shape index (κ1) is 21.8. The zero-order valence-electron chi connectivity index (χ0n) is 19.2. The zero-order chi connectivity index (χ0) is 23.0. The van der Waals surface area contributed by atoms with Gasteiger partial charge in [0.2, 0.25) is 5.91 Å². The van der Waals surface area contributed by atoms with Gasteiger partial charge < -0.3 is 13.7 Å². The number of nitrogens with zero attached hydrogens (tertiary/aromatic N) is 2. The maximum Gasteiger partial charge on any atom is 0.340 e. The number of fused-ring (bicyclic) bond motifs is 2. The Morgan fingerprint density at radius 2 is 1.91 bits per heavy atom. The minimum absolute atomic E-state index is 0.00161. The summed E-state index contributed by atoms with van der Waals surface area (Å²) in [4.78, 5) is 31.5. The Kier molecular flexibility index (Phi) is 5.63. The first-order valence-electron chi connectivity index (χ1n) is 10.8. The third kappa shape index (κ3) is 4.17. The van der Waals surface area contributed by atoms with Gasteiger partial charge in [0.15, 0.2) is 0 Å². The largest absolute Gasteiger partial charge is 0.464 e. The maximum absolute atomic E-state index is 12.8. The van der Waals surface area contributed by atoms with Gasteiger partial charge in [-0.25, -0.2) is 4.79 Å². The van der Waals surface area contributed by atoms with E-state index in [1.807, 2.05) is 31.2 Å². The topological polar surface area (TPSA) is 76.6 Å². The molecule has 3 aromatic heterocycles. The van der Waals surface area contributed by atoms with Crippen molar-refractivity contribution in [1.82, 2.24) is 9.88 Å². The van der Waals surface area contributed by atoms with Gasteiger partial charge in [0.25, 0.3) is 0 Å². The summed E-state index contributed by atoms with van der Waals surface area (Å²) < 4.78 is 11.3. The van der Waals surface area contributed by atoms with Crippen molar-refractivity contribution in [1.29, 1.82) is 0 Å². The highest BCUT2D eigenvalue weighted by Crippen LogP contribution is 2.35. The molecule has 1 aromatic carbocycles. The molecule has 0 fully saturated rings. The number of aromatic nitrogens is 1. The van der Waals surface area contributed by atoms with E-state index >= 15 is 0 Å². The summed E-state index contributed by atoms with van der Waals surface area (Å²) in [7, 11) is 1.74. The molecule has 4 rings (SSSR count). The van der Waals surface area contributed by atoms with Gasteiger partial charge in [-0.1, -0.05) is 26.8 Å². The Bertz CT molecular complexity index is 1340. The van der Waals surface area contributed by atoms with Crippen molar-refractivity contribution in [2.24, 2.45) is 0 Å². The van der Waals surface area contributed by atoms with Gasteiger partial charge >= 0.3 is 5.63 Å². The van der Waals surface area contributed by atoms with Crippen molar-refractivity contribution in [2.45, 2.75) is 46.0 Å². The van der Waals surface area contributed by atoms with Crippen LogP contribution in [-0.4, -0.2) is 29.4 Å². The third-order valence-corrected chi connectivity index (χ3v) is 5.97. The van der Waals surface area contributed by atoms with Crippen molar-refractivity contribution < 1.29 is 13.6 Å². The highest BCUT2D eigenvalue weighted by atomic mass is 16.4. The molecule has 0 aliphatic carbocycles. The van der Waals surface area contributed by atoms with Crippen molar-refractivity contribution in [3.63, 3.8) is 0 Å². The number of rotatable bonds is 5. The average molecular weight is 433 g/mol. The quantitative estimate of drug-likeness (QED) is 0.424. The highest BCUT2D eigenvalue weighted by molar-refractivity contribution is 5.97. The molecule has 32 heavy (non-hydrogen) atoms. The van der Waals surface area contributed by atoms with Crippen LogP contribution in [0.25, 0.3) is 21.9 Å². The molecule has 0 spiro atoms. The SMILES string of the molecule is Cc1c(CC(=O)N(C)CCc2ccccn2)c(=O)oc2cc3occ(C(C)(C)C)c3cc12. The van der Waals surface area contributed by atoms with Crippen molar-refractivity contribution >= 4 is 27.8 Å². The molecule has 1 amide bonds. The molecule has 0 saturated heterocycles. The molecule has 0 radical (unpaired) electrons. The van der Waals surface area contributed by atoms with Crippen molar-refractivity contribution in [2.75, 3.05) is 13.6 Å². The summed E-state index contributed by atoms with van der Waals surface area (Å²) in [6.07, 6.45) is 4.15. The molecule has 6 nitrogen and oxygen atoms in total. The van der Waals surface area contributed by atoms with Crippen LogP contribution in [0.5, 0.6) is 0 Å². The van der Waals surface area contributed by atoms with Crippen LogP contribution in [-0.2, 0) is 23.1 Å². The van der Waals surface area contributed by atoms with Crippen LogP contribution in [0.15, 0.2) is 56.4 Å². The number of amides is 1. The second-order valence-electron chi connectivity index (χ2n) is 9.30. The van der Waals surface area contributed by atoms with Crippen LogP contribution >= 0.6 is 0 Å². The number of furan rings is 1. The maximum atomic E-state index is 12.8. The van der Waals surface area contributed by atoms with Crippen molar-refractivity contribution in [3.8, 4) is 0 Å². The predicted molar refractivity (Wildman–Crippen MR) is 125 cm³/mol. The van der Waals surface area contributed by atoms with E-state index in [-0.39, 0.29) is 17.7 Å². The molecule has 6 heteroatoms. The van der Waals surface area contributed by atoms with Gasteiger partial charge in [-0.3, -0.25) is 9.78 Å². The van der Waals surface area contributed by atoms with Gasteiger partial charge in [0, 0.05) is 54.3 Å². The molecule has 0 N–H and O–H groups in total. The number of aryl methyl sites for hydroxylation is 1. The van der Waals surface area contributed by atoms with Gasteiger partial charge in [-0.15, -0.1) is 0 Å². The van der Waals surface area contributed by atoms with E-state index in [9.17, 15) is 9.59 Å². The Hall–Kier alpha value is -3.41. The van der Waals surface area contributed by atoms with Gasteiger partial charge in [-0.2, -0.15) is 0 Å². The Labute approximate surface area is 186 Å². The van der Waals surface area contributed by atoms with E-state index in [0.717, 1.165) is 27.6 Å². The molecule has 0 atom stereocenters. The van der Waals surface area contributed by atoms with E-state index in [2.05, 4.69) is 25.8 Å². The van der Waals surface area contributed by atoms with Gasteiger partial charge in [0.05, 0.1) is 18.2 Å². The van der Waals surface area contributed by atoms with E-state index in [1.54, 1.807) is 30.5 Å². The predicted octanol–water partition coefficient (Wildman–Crippen LogP) is 4.78. The molecule has 166 valence electrons. The highest BCUT2D eigenvalue weighted by Gasteiger charge is 2.22. The zero-order valence-corrected chi connectivity index (χ0v) is 19.2. The number of carbonyl (C=O) groups excluding carboxylic acids is 1. The standard InChI is InChI=1S/C26H28N2O4/c1-16-18-12-20-21(26(2,3)4)15-31-22(20)14-23(18)32-25(30)19(16)13-24(29)28(5)11-9-17-8-6-7-10-27-17/h6-8,10,12,14-15H,9,11,13H2,1-5H3. The molecule has 0 saturated carbocycles. The lowest BCUT2D eigenvalue weighted by Crippen LogP contribution is -2.32. The fraction of sp³-hybridized carbons (Fsp3) is 0.346. The molecule has 4 aromatic rings. The monoisotopic (exact) mass is 432 g/mol. The molecule has 0 aliphatic heterocycles. The van der Waals surface area contributed by atoms with E-state index in [1.165, 1.54) is 0 Å². The van der Waals surface area contributed by atoms with Crippen LogP contribution in [0.1, 0.15) is 43.2 Å². The minimum atomic E-state index is -0.483. The summed E-state index contributed by atoms with van der Waals surface area (Å²) in [6.45, 7) is 8.79. The Morgan fingerprint density at radius 1 is 1.12 bits per heavy atom. The number of likely N-dealkylation sites (N-methyl/N-ethyl adjacent to an activating group) is 1. The van der Waals surface area contributed by atoms with E-state index in [4.69, 9.17) is 8.83 Å². The molecular formula is C26H28N2O4. The summed E-state index contributed by atoms with van der Waals surface area (Å²) in [5.41, 5.74) is 3.76.